The second-order valence-electron chi connectivity index (χ2n) is 4.20. The molecule has 1 fully saturated rings. The van der Waals surface area contributed by atoms with Crippen molar-refractivity contribution in [2.45, 2.75) is 57.8 Å². The average molecular weight is 229 g/mol. The number of amides is 1. The smallest absolute Gasteiger partial charge is 0.326 e. The fraction of sp³-hybridized carbons (Fsp3) is 0.818. The molecule has 3 atom stereocenters. The van der Waals surface area contributed by atoms with Gasteiger partial charge < -0.3 is 15.2 Å². The van der Waals surface area contributed by atoms with Crippen molar-refractivity contribution in [3.8, 4) is 0 Å². The molecule has 0 aromatic rings. The Hall–Kier alpha value is -1.10. The molecule has 1 amide bonds. The Labute approximate surface area is 95.2 Å². The summed E-state index contributed by atoms with van der Waals surface area (Å²) in [5.74, 6) is -1.29. The van der Waals surface area contributed by atoms with E-state index in [0.717, 1.165) is 12.8 Å². The number of carboxylic acid groups (broad SMARTS) is 1. The molecule has 0 spiro atoms. The third kappa shape index (κ3) is 3.48. The minimum atomic E-state index is -0.985. The quantitative estimate of drug-likeness (QED) is 0.735. The first kappa shape index (κ1) is 13.0. The van der Waals surface area contributed by atoms with Crippen molar-refractivity contribution in [3.05, 3.63) is 0 Å². The van der Waals surface area contributed by atoms with E-state index < -0.39 is 18.1 Å². The first-order valence-corrected chi connectivity index (χ1v) is 5.73. The van der Waals surface area contributed by atoms with Crippen molar-refractivity contribution >= 4 is 11.9 Å². The van der Waals surface area contributed by atoms with Crippen LogP contribution in [0.3, 0.4) is 0 Å². The van der Waals surface area contributed by atoms with Crippen LogP contribution >= 0.6 is 0 Å². The van der Waals surface area contributed by atoms with E-state index in [0.29, 0.717) is 12.8 Å². The maximum absolute atomic E-state index is 11.7. The van der Waals surface area contributed by atoms with Crippen molar-refractivity contribution in [2.24, 2.45) is 0 Å². The monoisotopic (exact) mass is 229 g/mol. The molecule has 1 rings (SSSR count). The molecule has 16 heavy (non-hydrogen) atoms. The lowest BCUT2D eigenvalue weighted by Crippen LogP contribution is -2.45. The minimum absolute atomic E-state index is 0.0882. The molecule has 5 heteroatoms. The number of aliphatic carboxylic acids is 1. The molecule has 2 unspecified atom stereocenters. The van der Waals surface area contributed by atoms with E-state index in [4.69, 9.17) is 9.84 Å². The number of carboxylic acids is 1. The van der Waals surface area contributed by atoms with Crippen LogP contribution in [-0.2, 0) is 14.3 Å². The fourth-order valence-electron chi connectivity index (χ4n) is 1.81. The lowest BCUT2D eigenvalue weighted by atomic mass is 10.1. The molecule has 0 aliphatic carbocycles. The maximum Gasteiger partial charge on any atom is 0.326 e. The molecular formula is C11H19NO4. The summed E-state index contributed by atoms with van der Waals surface area (Å²) in [4.78, 5) is 22.5. The van der Waals surface area contributed by atoms with Crippen molar-refractivity contribution < 1.29 is 19.4 Å². The zero-order chi connectivity index (χ0) is 12.1. The Morgan fingerprint density at radius 1 is 1.50 bits per heavy atom. The van der Waals surface area contributed by atoms with Crippen LogP contribution in [0.15, 0.2) is 0 Å². The predicted molar refractivity (Wildman–Crippen MR) is 58.0 cm³/mol. The molecular weight excluding hydrogens is 210 g/mol. The van der Waals surface area contributed by atoms with E-state index in [1.165, 1.54) is 0 Å². The van der Waals surface area contributed by atoms with Gasteiger partial charge in [-0.15, -0.1) is 0 Å². The van der Waals surface area contributed by atoms with Gasteiger partial charge in [0.25, 0.3) is 0 Å². The summed E-state index contributed by atoms with van der Waals surface area (Å²) < 4.78 is 5.38. The number of nitrogens with one attached hydrogen (secondary N) is 1. The second kappa shape index (κ2) is 5.84. The first-order chi connectivity index (χ1) is 7.54. The normalized spacial score (nSPS) is 26.4. The van der Waals surface area contributed by atoms with Crippen molar-refractivity contribution in [3.63, 3.8) is 0 Å². The highest BCUT2D eigenvalue weighted by atomic mass is 16.5. The van der Waals surface area contributed by atoms with Gasteiger partial charge in [-0.05, 0) is 26.2 Å². The van der Waals surface area contributed by atoms with Gasteiger partial charge in [-0.1, -0.05) is 13.3 Å². The van der Waals surface area contributed by atoms with E-state index in [1.807, 2.05) is 13.8 Å². The van der Waals surface area contributed by atoms with Gasteiger partial charge in [0.15, 0.2) is 0 Å². The van der Waals surface area contributed by atoms with Crippen LogP contribution in [-0.4, -0.2) is 35.2 Å². The Balaban J connectivity index is 2.45. The fourth-order valence-corrected chi connectivity index (χ4v) is 1.81. The largest absolute Gasteiger partial charge is 0.480 e. The lowest BCUT2D eigenvalue weighted by molar-refractivity contribution is -0.144. The van der Waals surface area contributed by atoms with Gasteiger partial charge in [0, 0.05) is 0 Å². The summed E-state index contributed by atoms with van der Waals surface area (Å²) in [6.07, 6.45) is 2.30. The number of ether oxygens (including phenoxy) is 1. The van der Waals surface area contributed by atoms with Gasteiger partial charge in [-0.2, -0.15) is 0 Å². The molecule has 0 radical (unpaired) electrons. The Morgan fingerprint density at radius 3 is 2.62 bits per heavy atom. The molecule has 0 aromatic carbocycles. The molecule has 1 heterocycles. The lowest BCUT2D eigenvalue weighted by Gasteiger charge is -2.16. The van der Waals surface area contributed by atoms with Gasteiger partial charge in [0.05, 0.1) is 6.10 Å². The van der Waals surface area contributed by atoms with E-state index in [-0.39, 0.29) is 12.0 Å². The van der Waals surface area contributed by atoms with Crippen molar-refractivity contribution in [1.29, 1.82) is 0 Å². The van der Waals surface area contributed by atoms with Gasteiger partial charge in [-0.3, -0.25) is 4.79 Å². The highest BCUT2D eigenvalue weighted by Crippen LogP contribution is 2.19. The topological polar surface area (TPSA) is 75.6 Å². The first-order valence-electron chi connectivity index (χ1n) is 5.73. The van der Waals surface area contributed by atoms with Crippen LogP contribution in [0, 0.1) is 0 Å². The SMILES string of the molecule is CCC[C@@H](NC(=O)C1CCC(C)O1)C(=O)O. The molecule has 92 valence electrons. The van der Waals surface area contributed by atoms with E-state index in [2.05, 4.69) is 5.32 Å². The van der Waals surface area contributed by atoms with E-state index in [9.17, 15) is 9.59 Å². The summed E-state index contributed by atoms with van der Waals surface area (Å²) in [7, 11) is 0. The standard InChI is InChI=1S/C11H19NO4/c1-3-4-8(11(14)15)12-10(13)9-6-5-7(2)16-9/h7-9H,3-6H2,1-2H3,(H,12,13)(H,14,15)/t7?,8-,9?/m1/s1. The molecule has 5 nitrogen and oxygen atoms in total. The maximum atomic E-state index is 11.7. The zero-order valence-electron chi connectivity index (χ0n) is 9.73. The summed E-state index contributed by atoms with van der Waals surface area (Å²) in [6, 6.07) is -0.794. The minimum Gasteiger partial charge on any atom is -0.480 e. The number of hydrogen-bond acceptors (Lipinski definition) is 3. The third-order valence-corrected chi connectivity index (χ3v) is 2.72. The van der Waals surface area contributed by atoms with E-state index in [1.54, 1.807) is 0 Å². The highest BCUT2D eigenvalue weighted by Gasteiger charge is 2.30. The van der Waals surface area contributed by atoms with Gasteiger partial charge >= 0.3 is 5.97 Å². The molecule has 0 saturated carbocycles. The highest BCUT2D eigenvalue weighted by molar-refractivity contribution is 5.86. The molecule has 1 aliphatic rings. The number of rotatable bonds is 5. The Morgan fingerprint density at radius 2 is 2.19 bits per heavy atom. The van der Waals surface area contributed by atoms with Crippen molar-refractivity contribution in [1.82, 2.24) is 5.32 Å². The Kier molecular flexibility index (Phi) is 4.73. The summed E-state index contributed by atoms with van der Waals surface area (Å²) in [6.45, 7) is 3.80. The Bertz CT molecular complexity index is 267. The van der Waals surface area contributed by atoms with Crippen LogP contribution in [0.1, 0.15) is 39.5 Å². The van der Waals surface area contributed by atoms with Gasteiger partial charge in [-0.25, -0.2) is 4.79 Å². The molecule has 0 aromatic heterocycles. The molecule has 0 bridgehead atoms. The number of hydrogen-bond donors (Lipinski definition) is 2. The van der Waals surface area contributed by atoms with Gasteiger partial charge in [0.2, 0.25) is 5.91 Å². The van der Waals surface area contributed by atoms with Crippen LogP contribution < -0.4 is 5.32 Å². The summed E-state index contributed by atoms with van der Waals surface area (Å²) in [5.41, 5.74) is 0. The zero-order valence-corrected chi connectivity index (χ0v) is 9.73. The number of carbonyl (C=O) groups is 2. The molecule has 1 saturated heterocycles. The average Bonchev–Trinajstić information content (AvgIpc) is 2.64. The van der Waals surface area contributed by atoms with Crippen LogP contribution in [0.2, 0.25) is 0 Å². The van der Waals surface area contributed by atoms with E-state index >= 15 is 0 Å². The third-order valence-electron chi connectivity index (χ3n) is 2.72. The second-order valence-corrected chi connectivity index (χ2v) is 4.20. The van der Waals surface area contributed by atoms with Crippen LogP contribution in [0.25, 0.3) is 0 Å². The van der Waals surface area contributed by atoms with Crippen LogP contribution in [0.5, 0.6) is 0 Å². The van der Waals surface area contributed by atoms with Crippen LogP contribution in [0.4, 0.5) is 0 Å². The molecule has 1 aliphatic heterocycles. The van der Waals surface area contributed by atoms with Gasteiger partial charge in [0.1, 0.15) is 12.1 Å². The molecule has 2 N–H and O–H groups in total. The number of carbonyl (C=O) groups excluding carboxylic acids is 1. The predicted octanol–water partition coefficient (Wildman–Crippen LogP) is 0.923. The van der Waals surface area contributed by atoms with Crippen molar-refractivity contribution in [2.75, 3.05) is 0 Å². The summed E-state index contributed by atoms with van der Waals surface area (Å²) in [5, 5.41) is 11.4. The summed E-state index contributed by atoms with van der Waals surface area (Å²) >= 11 is 0.